The van der Waals surface area contributed by atoms with Crippen molar-refractivity contribution in [3.63, 3.8) is 0 Å². The van der Waals surface area contributed by atoms with Crippen LogP contribution in [0.2, 0.25) is 0 Å². The largest absolute Gasteiger partial charge is 0.453 e. The van der Waals surface area contributed by atoms with Gasteiger partial charge in [-0.25, -0.2) is 17.7 Å². The summed E-state index contributed by atoms with van der Waals surface area (Å²) in [5.74, 6) is -1.36. The molecule has 2 rings (SSSR count). The van der Waals surface area contributed by atoms with Crippen LogP contribution in [0.15, 0.2) is 29.2 Å². The highest BCUT2D eigenvalue weighted by Gasteiger charge is 2.36. The standard InChI is InChI=1S/C12H13F3N4O2S/c1-3-19(2)22(20,21)9-6-4-8(5-7-9)10-16-11(18-17-10)12(13,14)15/h4-7H,3H2,1-2H3,(H,16,17,18). The van der Waals surface area contributed by atoms with Gasteiger partial charge in [0, 0.05) is 19.2 Å². The summed E-state index contributed by atoms with van der Waals surface area (Å²) in [7, 11) is -2.16. The minimum atomic E-state index is -4.64. The maximum absolute atomic E-state index is 12.4. The van der Waals surface area contributed by atoms with Gasteiger partial charge < -0.3 is 0 Å². The molecule has 120 valence electrons. The van der Waals surface area contributed by atoms with Crippen LogP contribution < -0.4 is 0 Å². The zero-order chi connectivity index (χ0) is 16.5. The number of H-pyrrole nitrogens is 1. The molecule has 22 heavy (non-hydrogen) atoms. The molecule has 2 aromatic rings. The normalized spacial score (nSPS) is 12.8. The van der Waals surface area contributed by atoms with E-state index in [0.717, 1.165) is 4.31 Å². The third kappa shape index (κ3) is 3.12. The zero-order valence-corrected chi connectivity index (χ0v) is 12.5. The van der Waals surface area contributed by atoms with Gasteiger partial charge in [-0.3, -0.25) is 5.10 Å². The number of nitrogens with one attached hydrogen (secondary N) is 1. The number of hydrogen-bond donors (Lipinski definition) is 1. The minimum absolute atomic E-state index is 0.0520. The molecule has 0 aliphatic heterocycles. The molecule has 0 bridgehead atoms. The molecule has 6 nitrogen and oxygen atoms in total. The Morgan fingerprint density at radius 3 is 2.27 bits per heavy atom. The van der Waals surface area contributed by atoms with E-state index in [1.54, 1.807) is 6.92 Å². The second kappa shape index (κ2) is 5.69. The molecule has 0 aliphatic carbocycles. The van der Waals surface area contributed by atoms with Crippen molar-refractivity contribution in [3.8, 4) is 11.4 Å². The lowest BCUT2D eigenvalue weighted by atomic mass is 10.2. The third-order valence-electron chi connectivity index (χ3n) is 3.02. The molecule has 0 saturated heterocycles. The molecule has 0 fully saturated rings. The summed E-state index contributed by atoms with van der Waals surface area (Å²) >= 11 is 0. The zero-order valence-electron chi connectivity index (χ0n) is 11.7. The van der Waals surface area contributed by atoms with E-state index >= 15 is 0 Å². The van der Waals surface area contributed by atoms with Gasteiger partial charge in [0.05, 0.1) is 4.90 Å². The molecule has 1 heterocycles. The van der Waals surface area contributed by atoms with E-state index in [4.69, 9.17) is 0 Å². The first-order valence-corrected chi connectivity index (χ1v) is 7.66. The van der Waals surface area contributed by atoms with Crippen LogP contribution in [0.4, 0.5) is 13.2 Å². The van der Waals surface area contributed by atoms with Gasteiger partial charge in [0.2, 0.25) is 10.0 Å². The average Bonchev–Trinajstić information content (AvgIpc) is 2.96. The van der Waals surface area contributed by atoms with E-state index in [9.17, 15) is 21.6 Å². The topological polar surface area (TPSA) is 79.0 Å². The maximum Gasteiger partial charge on any atom is 0.453 e. The molecular formula is C12H13F3N4O2S. The Balaban J connectivity index is 2.32. The Morgan fingerprint density at radius 2 is 1.82 bits per heavy atom. The predicted molar refractivity (Wildman–Crippen MR) is 72.3 cm³/mol. The van der Waals surface area contributed by atoms with Crippen molar-refractivity contribution in [2.45, 2.75) is 18.0 Å². The first-order valence-electron chi connectivity index (χ1n) is 6.22. The number of halogens is 3. The summed E-state index contributed by atoms with van der Waals surface area (Å²) in [5.41, 5.74) is 0.307. The van der Waals surface area contributed by atoms with Gasteiger partial charge in [0.25, 0.3) is 5.82 Å². The Labute approximate surface area is 125 Å². The van der Waals surface area contributed by atoms with Crippen molar-refractivity contribution < 1.29 is 21.6 Å². The molecule has 1 N–H and O–H groups in total. The van der Waals surface area contributed by atoms with Crippen LogP contribution in [-0.2, 0) is 16.2 Å². The summed E-state index contributed by atoms with van der Waals surface area (Å²) in [4.78, 5) is 3.40. The lowest BCUT2D eigenvalue weighted by molar-refractivity contribution is -0.144. The fourth-order valence-electron chi connectivity index (χ4n) is 1.65. The van der Waals surface area contributed by atoms with E-state index < -0.39 is 22.0 Å². The van der Waals surface area contributed by atoms with Crippen LogP contribution in [0.3, 0.4) is 0 Å². The Bertz CT molecular complexity index is 753. The van der Waals surface area contributed by atoms with Crippen LogP contribution in [0.1, 0.15) is 12.7 Å². The molecule has 1 aromatic carbocycles. The van der Waals surface area contributed by atoms with Crippen molar-refractivity contribution in [1.29, 1.82) is 0 Å². The summed E-state index contributed by atoms with van der Waals surface area (Å²) in [6.07, 6.45) is -4.64. The van der Waals surface area contributed by atoms with Gasteiger partial charge in [-0.2, -0.15) is 13.2 Å². The third-order valence-corrected chi connectivity index (χ3v) is 4.97. The van der Waals surface area contributed by atoms with Crippen LogP contribution >= 0.6 is 0 Å². The van der Waals surface area contributed by atoms with Crippen LogP contribution in [0.5, 0.6) is 0 Å². The number of aromatic amines is 1. The molecule has 1 aromatic heterocycles. The quantitative estimate of drug-likeness (QED) is 0.929. The first-order chi connectivity index (χ1) is 10.2. The summed E-state index contributed by atoms with van der Waals surface area (Å²) < 4.78 is 62.6. The SMILES string of the molecule is CCN(C)S(=O)(=O)c1ccc(-c2nc(C(F)(F)F)n[nH]2)cc1. The number of hydrogen-bond acceptors (Lipinski definition) is 4. The lowest BCUT2D eigenvalue weighted by Crippen LogP contribution is -2.26. The van der Waals surface area contributed by atoms with E-state index in [1.807, 2.05) is 0 Å². The Hall–Kier alpha value is -1.94. The number of benzene rings is 1. The molecule has 10 heteroatoms. The summed E-state index contributed by atoms with van der Waals surface area (Å²) in [5, 5.41) is 5.27. The maximum atomic E-state index is 12.4. The van der Waals surface area contributed by atoms with Gasteiger partial charge in [0.1, 0.15) is 0 Å². The molecule has 0 spiro atoms. The highest BCUT2D eigenvalue weighted by Crippen LogP contribution is 2.28. The fourth-order valence-corrected chi connectivity index (χ4v) is 2.83. The van der Waals surface area contributed by atoms with Gasteiger partial charge in [-0.15, -0.1) is 5.10 Å². The van der Waals surface area contributed by atoms with Crippen LogP contribution in [0.25, 0.3) is 11.4 Å². The number of aromatic nitrogens is 3. The van der Waals surface area contributed by atoms with E-state index in [0.29, 0.717) is 12.1 Å². The van der Waals surface area contributed by atoms with Crippen molar-refractivity contribution in [2.24, 2.45) is 0 Å². The predicted octanol–water partition coefficient (Wildman–Crippen LogP) is 2.13. The Kier molecular flexibility index (Phi) is 4.25. The minimum Gasteiger partial charge on any atom is -0.259 e. The molecule has 0 amide bonds. The van der Waals surface area contributed by atoms with E-state index in [-0.39, 0.29) is 10.7 Å². The number of nitrogens with zero attached hydrogens (tertiary/aromatic N) is 3. The second-order valence-corrected chi connectivity index (χ2v) is 6.49. The van der Waals surface area contributed by atoms with Crippen molar-refractivity contribution in [3.05, 3.63) is 30.1 Å². The fraction of sp³-hybridized carbons (Fsp3) is 0.333. The number of rotatable bonds is 4. The van der Waals surface area contributed by atoms with Gasteiger partial charge >= 0.3 is 6.18 Å². The van der Waals surface area contributed by atoms with Gasteiger partial charge in [-0.1, -0.05) is 6.92 Å². The highest BCUT2D eigenvalue weighted by molar-refractivity contribution is 7.89. The summed E-state index contributed by atoms with van der Waals surface area (Å²) in [6, 6.07) is 5.37. The van der Waals surface area contributed by atoms with E-state index in [2.05, 4.69) is 15.2 Å². The Morgan fingerprint density at radius 1 is 1.23 bits per heavy atom. The van der Waals surface area contributed by atoms with Crippen molar-refractivity contribution >= 4 is 10.0 Å². The lowest BCUT2D eigenvalue weighted by Gasteiger charge is -2.14. The van der Waals surface area contributed by atoms with Crippen LogP contribution in [0, 0.1) is 0 Å². The number of alkyl halides is 3. The second-order valence-electron chi connectivity index (χ2n) is 4.45. The van der Waals surface area contributed by atoms with Crippen molar-refractivity contribution in [2.75, 3.05) is 13.6 Å². The molecule has 0 unspecified atom stereocenters. The first kappa shape index (κ1) is 16.4. The number of sulfonamides is 1. The molecule has 0 radical (unpaired) electrons. The van der Waals surface area contributed by atoms with Gasteiger partial charge in [-0.05, 0) is 24.3 Å². The molecular weight excluding hydrogens is 321 g/mol. The molecule has 0 atom stereocenters. The van der Waals surface area contributed by atoms with E-state index in [1.165, 1.54) is 31.3 Å². The average molecular weight is 334 g/mol. The summed E-state index contributed by atoms with van der Waals surface area (Å²) in [6.45, 7) is 2.00. The molecule has 0 saturated carbocycles. The highest BCUT2D eigenvalue weighted by atomic mass is 32.2. The monoisotopic (exact) mass is 334 g/mol. The van der Waals surface area contributed by atoms with Crippen molar-refractivity contribution in [1.82, 2.24) is 19.5 Å². The molecule has 0 aliphatic rings. The van der Waals surface area contributed by atoms with Gasteiger partial charge in [0.15, 0.2) is 5.82 Å². The smallest absolute Gasteiger partial charge is 0.259 e. The van der Waals surface area contributed by atoms with Crippen LogP contribution in [-0.4, -0.2) is 41.5 Å².